The Morgan fingerprint density at radius 1 is 1.00 bits per heavy atom. The van der Waals surface area contributed by atoms with Gasteiger partial charge in [0, 0.05) is 25.9 Å². The first-order chi connectivity index (χ1) is 7.75. The molecule has 3 rings (SSSR count). The highest BCUT2D eigenvalue weighted by molar-refractivity contribution is 7.25. The van der Waals surface area contributed by atoms with Crippen molar-refractivity contribution in [2.24, 2.45) is 0 Å². The number of thiophene rings is 1. The molecule has 0 atom stereocenters. The third kappa shape index (κ3) is 1.34. The Morgan fingerprint density at radius 3 is 2.56 bits per heavy atom. The van der Waals surface area contributed by atoms with Crippen LogP contribution >= 0.6 is 11.3 Å². The van der Waals surface area contributed by atoms with Crippen LogP contribution in [0.4, 0.5) is 0 Å². The molecular formula is C14H11NS. The first kappa shape index (κ1) is 9.55. The van der Waals surface area contributed by atoms with Crippen molar-refractivity contribution in [2.45, 2.75) is 6.92 Å². The smallest absolute Gasteiger partial charge is 0.0362 e. The number of nitrogens with one attached hydrogen (secondary N) is 1. The van der Waals surface area contributed by atoms with Crippen LogP contribution < -0.4 is 0 Å². The average Bonchev–Trinajstić information content (AvgIpc) is 2.66. The number of rotatable bonds is 1. The molecule has 0 fully saturated rings. The maximum absolute atomic E-state index is 7.65. The van der Waals surface area contributed by atoms with Crippen LogP contribution in [0.1, 0.15) is 12.5 Å². The highest BCUT2D eigenvalue weighted by atomic mass is 32.1. The summed E-state index contributed by atoms with van der Waals surface area (Å²) in [5, 5.41) is 10.3. The molecule has 1 nitrogen and oxygen atoms in total. The second kappa shape index (κ2) is 3.42. The fourth-order valence-electron chi connectivity index (χ4n) is 1.96. The summed E-state index contributed by atoms with van der Waals surface area (Å²) in [7, 11) is 0. The van der Waals surface area contributed by atoms with Crippen LogP contribution in [0.2, 0.25) is 0 Å². The lowest BCUT2D eigenvalue weighted by molar-refractivity contribution is 1.47. The summed E-state index contributed by atoms with van der Waals surface area (Å²) in [5.41, 5.74) is 1.64. The predicted octanol–water partition coefficient (Wildman–Crippen LogP) is 4.44. The van der Waals surface area contributed by atoms with Crippen LogP contribution in [0.25, 0.3) is 20.2 Å². The summed E-state index contributed by atoms with van der Waals surface area (Å²) in [6, 6.07) is 14.7. The summed E-state index contributed by atoms with van der Waals surface area (Å²) in [4.78, 5) is 0. The molecule has 1 aromatic heterocycles. The van der Waals surface area contributed by atoms with Gasteiger partial charge in [-0.15, -0.1) is 11.3 Å². The van der Waals surface area contributed by atoms with Crippen molar-refractivity contribution in [3.63, 3.8) is 0 Å². The Balaban J connectivity index is 2.41. The molecule has 0 saturated carbocycles. The lowest BCUT2D eigenvalue weighted by Crippen LogP contribution is -1.89. The van der Waals surface area contributed by atoms with Gasteiger partial charge in [-0.3, -0.25) is 0 Å². The van der Waals surface area contributed by atoms with Gasteiger partial charge >= 0.3 is 0 Å². The number of benzene rings is 2. The maximum Gasteiger partial charge on any atom is 0.0362 e. The zero-order chi connectivity index (χ0) is 11.1. The Morgan fingerprint density at radius 2 is 1.75 bits per heavy atom. The van der Waals surface area contributed by atoms with E-state index in [0.29, 0.717) is 5.71 Å². The Hall–Kier alpha value is -1.67. The second-order valence-corrected chi connectivity index (χ2v) is 5.02. The van der Waals surface area contributed by atoms with Crippen LogP contribution in [-0.2, 0) is 0 Å². The molecule has 1 heterocycles. The third-order valence-electron chi connectivity index (χ3n) is 2.81. The number of hydrogen-bond donors (Lipinski definition) is 1. The molecule has 0 amide bonds. The third-order valence-corrected chi connectivity index (χ3v) is 3.95. The molecule has 16 heavy (non-hydrogen) atoms. The van der Waals surface area contributed by atoms with Crippen LogP contribution in [-0.4, -0.2) is 5.71 Å². The van der Waals surface area contributed by atoms with Gasteiger partial charge < -0.3 is 5.41 Å². The molecule has 0 saturated heterocycles. The lowest BCUT2D eigenvalue weighted by atomic mass is 10.1. The molecule has 0 aliphatic heterocycles. The molecule has 0 bridgehead atoms. The summed E-state index contributed by atoms with van der Waals surface area (Å²) in [6.45, 7) is 1.83. The van der Waals surface area contributed by atoms with E-state index in [1.807, 2.05) is 13.0 Å². The van der Waals surface area contributed by atoms with Gasteiger partial charge in [0.2, 0.25) is 0 Å². The van der Waals surface area contributed by atoms with Crippen molar-refractivity contribution in [1.29, 1.82) is 5.41 Å². The normalized spacial score (nSPS) is 11.1. The van der Waals surface area contributed by atoms with E-state index in [-0.39, 0.29) is 0 Å². The highest BCUT2D eigenvalue weighted by Gasteiger charge is 2.05. The number of hydrogen-bond acceptors (Lipinski definition) is 2. The van der Waals surface area contributed by atoms with E-state index < -0.39 is 0 Å². The summed E-state index contributed by atoms with van der Waals surface area (Å²) in [6.07, 6.45) is 0. The molecule has 2 aromatic carbocycles. The van der Waals surface area contributed by atoms with E-state index in [4.69, 9.17) is 5.41 Å². The molecule has 0 aliphatic rings. The first-order valence-corrected chi connectivity index (χ1v) is 6.04. The molecule has 0 aliphatic carbocycles. The second-order valence-electron chi connectivity index (χ2n) is 3.93. The van der Waals surface area contributed by atoms with Gasteiger partial charge in [-0.2, -0.15) is 0 Å². The summed E-state index contributed by atoms with van der Waals surface area (Å²) < 4.78 is 2.59. The van der Waals surface area contributed by atoms with Gasteiger partial charge in [-0.05, 0) is 24.6 Å². The van der Waals surface area contributed by atoms with E-state index in [1.165, 1.54) is 20.2 Å². The zero-order valence-corrected chi connectivity index (χ0v) is 9.77. The van der Waals surface area contributed by atoms with Crippen molar-refractivity contribution in [1.82, 2.24) is 0 Å². The van der Waals surface area contributed by atoms with Gasteiger partial charge in [0.15, 0.2) is 0 Å². The van der Waals surface area contributed by atoms with Crippen LogP contribution in [0, 0.1) is 5.41 Å². The number of fused-ring (bicyclic) bond motifs is 3. The fourth-order valence-corrected chi connectivity index (χ4v) is 3.10. The van der Waals surface area contributed by atoms with E-state index in [0.717, 1.165) is 5.56 Å². The lowest BCUT2D eigenvalue weighted by Gasteiger charge is -1.97. The Kier molecular flexibility index (Phi) is 2.04. The average molecular weight is 225 g/mol. The Bertz CT molecular complexity index is 694. The van der Waals surface area contributed by atoms with E-state index in [9.17, 15) is 0 Å². The van der Waals surface area contributed by atoms with Crippen LogP contribution in [0.15, 0.2) is 42.5 Å². The highest BCUT2D eigenvalue weighted by Crippen LogP contribution is 2.33. The van der Waals surface area contributed by atoms with Gasteiger partial charge in [0.1, 0.15) is 0 Å². The first-order valence-electron chi connectivity index (χ1n) is 5.22. The minimum Gasteiger partial charge on any atom is -0.305 e. The van der Waals surface area contributed by atoms with E-state index in [2.05, 4.69) is 36.4 Å². The van der Waals surface area contributed by atoms with Crippen molar-refractivity contribution < 1.29 is 0 Å². The fraction of sp³-hybridized carbons (Fsp3) is 0.0714. The van der Waals surface area contributed by atoms with E-state index in [1.54, 1.807) is 11.3 Å². The van der Waals surface area contributed by atoms with Gasteiger partial charge in [-0.1, -0.05) is 30.3 Å². The molecule has 1 N–H and O–H groups in total. The minimum atomic E-state index is 0.624. The quantitative estimate of drug-likeness (QED) is 0.592. The molecule has 78 valence electrons. The van der Waals surface area contributed by atoms with Crippen molar-refractivity contribution in [3.8, 4) is 0 Å². The van der Waals surface area contributed by atoms with Crippen molar-refractivity contribution in [3.05, 3.63) is 48.0 Å². The van der Waals surface area contributed by atoms with E-state index >= 15 is 0 Å². The predicted molar refractivity (Wildman–Crippen MR) is 71.8 cm³/mol. The van der Waals surface area contributed by atoms with Gasteiger partial charge in [-0.25, -0.2) is 0 Å². The molecule has 3 aromatic rings. The molecule has 2 heteroatoms. The molecule has 0 radical (unpaired) electrons. The topological polar surface area (TPSA) is 23.9 Å². The van der Waals surface area contributed by atoms with Crippen molar-refractivity contribution in [2.75, 3.05) is 0 Å². The maximum atomic E-state index is 7.65. The molecule has 0 spiro atoms. The van der Waals surface area contributed by atoms with Crippen molar-refractivity contribution >= 4 is 37.2 Å². The van der Waals surface area contributed by atoms with Crippen LogP contribution in [0.3, 0.4) is 0 Å². The summed E-state index contributed by atoms with van der Waals surface area (Å²) >= 11 is 1.80. The van der Waals surface area contributed by atoms with Gasteiger partial charge in [0.05, 0.1) is 0 Å². The standard InChI is InChI=1S/C14H11NS/c1-9(15)10-6-7-12-11-4-2-3-5-13(11)16-14(12)8-10/h2-8,15H,1H3. The Labute approximate surface area is 97.9 Å². The molecule has 0 unspecified atom stereocenters. The SMILES string of the molecule is CC(=N)c1ccc2c(c1)sc1ccccc12. The summed E-state index contributed by atoms with van der Waals surface area (Å²) in [5.74, 6) is 0. The monoisotopic (exact) mass is 225 g/mol. The minimum absolute atomic E-state index is 0.624. The molecular weight excluding hydrogens is 214 g/mol. The zero-order valence-electron chi connectivity index (χ0n) is 8.95. The van der Waals surface area contributed by atoms with Gasteiger partial charge in [0.25, 0.3) is 0 Å². The largest absolute Gasteiger partial charge is 0.305 e. The van der Waals surface area contributed by atoms with Crippen LogP contribution in [0.5, 0.6) is 0 Å².